The first-order valence-corrected chi connectivity index (χ1v) is 6.24. The molecule has 2 aromatic rings. The van der Waals surface area contributed by atoms with E-state index in [4.69, 9.17) is 18.0 Å². The molecule has 0 spiro atoms. The monoisotopic (exact) mass is 325 g/mol. The van der Waals surface area contributed by atoms with Crippen molar-refractivity contribution in [3.63, 3.8) is 0 Å². The highest BCUT2D eigenvalue weighted by atomic mass is 79.9. The summed E-state index contributed by atoms with van der Waals surface area (Å²) in [6.07, 6.45) is 1.57. The molecule has 0 fully saturated rings. The summed E-state index contributed by atoms with van der Waals surface area (Å²) >= 11 is 8.16. The largest absolute Gasteiger partial charge is 0.389 e. The van der Waals surface area contributed by atoms with Crippen LogP contribution in [0, 0.1) is 5.82 Å². The number of nitrogens with zero attached hydrogens (tertiary/aromatic N) is 1. The van der Waals surface area contributed by atoms with Gasteiger partial charge in [0.15, 0.2) is 0 Å². The van der Waals surface area contributed by atoms with E-state index in [1.54, 1.807) is 24.4 Å². The SMILES string of the molecule is NC(=S)c1ccc(Nc2cc(F)ccc2Br)nc1. The van der Waals surface area contributed by atoms with Crippen LogP contribution in [0.4, 0.5) is 15.9 Å². The third kappa shape index (κ3) is 3.02. The Morgan fingerprint density at radius 3 is 2.72 bits per heavy atom. The molecular weight excluding hydrogens is 317 g/mol. The summed E-state index contributed by atoms with van der Waals surface area (Å²) in [6, 6.07) is 7.86. The van der Waals surface area contributed by atoms with Gasteiger partial charge in [-0.3, -0.25) is 0 Å². The number of benzene rings is 1. The van der Waals surface area contributed by atoms with Crippen LogP contribution in [-0.2, 0) is 0 Å². The number of hydrogen-bond acceptors (Lipinski definition) is 3. The summed E-state index contributed by atoms with van der Waals surface area (Å²) in [5, 5.41) is 3.00. The van der Waals surface area contributed by atoms with Gasteiger partial charge in [0, 0.05) is 16.2 Å². The van der Waals surface area contributed by atoms with Gasteiger partial charge in [0.05, 0.1) is 5.69 Å². The summed E-state index contributed by atoms with van der Waals surface area (Å²) in [7, 11) is 0. The van der Waals surface area contributed by atoms with Crippen molar-refractivity contribution < 1.29 is 4.39 Å². The molecule has 0 radical (unpaired) electrons. The van der Waals surface area contributed by atoms with E-state index in [2.05, 4.69) is 26.2 Å². The summed E-state index contributed by atoms with van der Waals surface area (Å²) < 4.78 is 13.9. The topological polar surface area (TPSA) is 50.9 Å². The number of halogens is 2. The lowest BCUT2D eigenvalue weighted by atomic mass is 10.2. The maximum absolute atomic E-state index is 13.1. The van der Waals surface area contributed by atoms with Gasteiger partial charge in [0.2, 0.25) is 0 Å². The lowest BCUT2D eigenvalue weighted by Gasteiger charge is -2.08. The highest BCUT2D eigenvalue weighted by molar-refractivity contribution is 9.10. The second-order valence-corrected chi connectivity index (χ2v) is 4.84. The van der Waals surface area contributed by atoms with Gasteiger partial charge >= 0.3 is 0 Å². The Bertz CT molecular complexity index is 586. The number of aromatic nitrogens is 1. The van der Waals surface area contributed by atoms with Crippen molar-refractivity contribution in [3.05, 3.63) is 52.4 Å². The van der Waals surface area contributed by atoms with Crippen LogP contribution in [0.5, 0.6) is 0 Å². The maximum atomic E-state index is 13.1. The first-order chi connectivity index (χ1) is 8.56. The third-order valence-corrected chi connectivity index (χ3v) is 3.17. The number of nitrogens with one attached hydrogen (secondary N) is 1. The second kappa shape index (κ2) is 5.41. The average molecular weight is 326 g/mol. The van der Waals surface area contributed by atoms with E-state index in [1.165, 1.54) is 12.1 Å². The van der Waals surface area contributed by atoms with Gasteiger partial charge in [-0.25, -0.2) is 9.37 Å². The second-order valence-electron chi connectivity index (χ2n) is 3.55. The molecule has 1 aromatic heterocycles. The van der Waals surface area contributed by atoms with Crippen molar-refractivity contribution in [1.29, 1.82) is 0 Å². The molecule has 0 atom stereocenters. The minimum Gasteiger partial charge on any atom is -0.389 e. The quantitative estimate of drug-likeness (QED) is 0.849. The number of pyridine rings is 1. The Kier molecular flexibility index (Phi) is 3.88. The molecule has 2 rings (SSSR count). The molecular formula is C12H9BrFN3S. The Morgan fingerprint density at radius 2 is 2.11 bits per heavy atom. The van der Waals surface area contributed by atoms with Crippen LogP contribution < -0.4 is 11.1 Å². The van der Waals surface area contributed by atoms with Crippen LogP contribution in [0.1, 0.15) is 5.56 Å². The van der Waals surface area contributed by atoms with Crippen molar-refractivity contribution >= 4 is 44.6 Å². The molecule has 0 aliphatic rings. The zero-order valence-electron chi connectivity index (χ0n) is 9.15. The van der Waals surface area contributed by atoms with E-state index in [0.717, 1.165) is 4.47 Å². The molecule has 0 bridgehead atoms. The summed E-state index contributed by atoms with van der Waals surface area (Å²) in [5.74, 6) is 0.266. The van der Waals surface area contributed by atoms with Gasteiger partial charge in [0.1, 0.15) is 16.6 Å². The van der Waals surface area contributed by atoms with Crippen LogP contribution in [0.25, 0.3) is 0 Å². The zero-order chi connectivity index (χ0) is 13.1. The molecule has 6 heteroatoms. The normalized spacial score (nSPS) is 10.1. The van der Waals surface area contributed by atoms with E-state index < -0.39 is 0 Å². The smallest absolute Gasteiger partial charge is 0.130 e. The molecule has 3 N–H and O–H groups in total. The Balaban J connectivity index is 2.23. The van der Waals surface area contributed by atoms with Crippen LogP contribution >= 0.6 is 28.1 Å². The van der Waals surface area contributed by atoms with Crippen molar-refractivity contribution in [3.8, 4) is 0 Å². The molecule has 3 nitrogen and oxygen atoms in total. The molecule has 1 heterocycles. The molecule has 0 aliphatic heterocycles. The lowest BCUT2D eigenvalue weighted by molar-refractivity contribution is 0.628. The first-order valence-electron chi connectivity index (χ1n) is 5.04. The van der Waals surface area contributed by atoms with Gasteiger partial charge in [-0.2, -0.15) is 0 Å². The summed E-state index contributed by atoms with van der Waals surface area (Å²) in [6.45, 7) is 0. The molecule has 0 unspecified atom stereocenters. The van der Waals surface area contributed by atoms with Crippen molar-refractivity contribution in [2.24, 2.45) is 5.73 Å². The van der Waals surface area contributed by atoms with E-state index in [9.17, 15) is 4.39 Å². The fourth-order valence-electron chi connectivity index (χ4n) is 1.34. The molecule has 0 aliphatic carbocycles. The highest BCUT2D eigenvalue weighted by Gasteiger charge is 2.03. The molecule has 0 saturated carbocycles. The number of rotatable bonds is 3. The molecule has 92 valence electrons. The van der Waals surface area contributed by atoms with Crippen LogP contribution in [0.15, 0.2) is 41.0 Å². The predicted molar refractivity (Wildman–Crippen MR) is 77.5 cm³/mol. The number of nitrogens with two attached hydrogens (primary N) is 1. The Morgan fingerprint density at radius 1 is 1.33 bits per heavy atom. The first kappa shape index (κ1) is 12.9. The van der Waals surface area contributed by atoms with Gasteiger partial charge in [-0.05, 0) is 46.3 Å². The maximum Gasteiger partial charge on any atom is 0.130 e. The van der Waals surface area contributed by atoms with E-state index in [1.807, 2.05) is 0 Å². The fraction of sp³-hybridized carbons (Fsp3) is 0. The number of anilines is 2. The van der Waals surface area contributed by atoms with Crippen LogP contribution in [-0.4, -0.2) is 9.97 Å². The Labute approximate surface area is 117 Å². The van der Waals surface area contributed by atoms with Crippen molar-refractivity contribution in [2.75, 3.05) is 5.32 Å². The number of thiocarbonyl (C=S) groups is 1. The standard InChI is InChI=1S/C12H9BrFN3S/c13-9-3-2-8(14)5-10(9)17-11-4-1-7(6-16-11)12(15)18/h1-6H,(H2,15,18)(H,16,17). The number of hydrogen-bond donors (Lipinski definition) is 2. The van der Waals surface area contributed by atoms with Gasteiger partial charge in [0.25, 0.3) is 0 Å². The average Bonchev–Trinajstić information content (AvgIpc) is 2.34. The minimum atomic E-state index is -0.319. The van der Waals surface area contributed by atoms with Gasteiger partial charge < -0.3 is 11.1 Å². The van der Waals surface area contributed by atoms with Gasteiger partial charge in [-0.15, -0.1) is 0 Å². The van der Waals surface area contributed by atoms with E-state index >= 15 is 0 Å². The third-order valence-electron chi connectivity index (χ3n) is 2.24. The molecule has 0 saturated heterocycles. The van der Waals surface area contributed by atoms with Crippen molar-refractivity contribution in [2.45, 2.75) is 0 Å². The van der Waals surface area contributed by atoms with Crippen LogP contribution in [0.3, 0.4) is 0 Å². The summed E-state index contributed by atoms with van der Waals surface area (Å²) in [4.78, 5) is 4.44. The fourth-order valence-corrected chi connectivity index (χ4v) is 1.81. The predicted octanol–water partition coefficient (Wildman–Crippen LogP) is 3.36. The highest BCUT2D eigenvalue weighted by Crippen LogP contribution is 2.25. The van der Waals surface area contributed by atoms with Gasteiger partial charge in [-0.1, -0.05) is 12.2 Å². The van der Waals surface area contributed by atoms with Crippen molar-refractivity contribution in [1.82, 2.24) is 4.98 Å². The molecule has 1 aromatic carbocycles. The lowest BCUT2D eigenvalue weighted by Crippen LogP contribution is -2.09. The zero-order valence-corrected chi connectivity index (χ0v) is 11.6. The summed E-state index contributed by atoms with van der Waals surface area (Å²) in [5.41, 5.74) is 6.77. The molecule has 0 amide bonds. The molecule has 18 heavy (non-hydrogen) atoms. The minimum absolute atomic E-state index is 0.293. The van der Waals surface area contributed by atoms with E-state index in [0.29, 0.717) is 22.1 Å². The van der Waals surface area contributed by atoms with E-state index in [-0.39, 0.29) is 5.82 Å². The Hall–Kier alpha value is -1.53. The van der Waals surface area contributed by atoms with Crippen LogP contribution in [0.2, 0.25) is 0 Å².